The summed E-state index contributed by atoms with van der Waals surface area (Å²) >= 11 is 3.35. The van der Waals surface area contributed by atoms with Crippen molar-refractivity contribution in [2.24, 2.45) is 0 Å². The number of rotatable bonds is 1. The van der Waals surface area contributed by atoms with Gasteiger partial charge in [0, 0.05) is 11.0 Å². The summed E-state index contributed by atoms with van der Waals surface area (Å²) in [6.45, 7) is 0. The molecule has 0 saturated carbocycles. The van der Waals surface area contributed by atoms with Crippen LogP contribution < -0.4 is 5.46 Å². The molecule has 0 aliphatic heterocycles. The zero-order chi connectivity index (χ0) is 10.1. The number of fused-ring (bicyclic) bond motifs is 1. The van der Waals surface area contributed by atoms with Crippen molar-refractivity contribution in [2.45, 2.75) is 5.33 Å². The number of halogens is 1. The van der Waals surface area contributed by atoms with Crippen molar-refractivity contribution in [3.8, 4) is 6.07 Å². The second kappa shape index (κ2) is 3.47. The number of pyridine rings is 1. The molecule has 0 spiro atoms. The first-order valence-electron chi connectivity index (χ1n) is 3.99. The smallest absolute Gasteiger partial charge is 0.144 e. The van der Waals surface area contributed by atoms with E-state index in [2.05, 4.69) is 27.0 Å². The molecule has 66 valence electrons. The summed E-state index contributed by atoms with van der Waals surface area (Å²) in [6.07, 6.45) is 1.53. The summed E-state index contributed by atoms with van der Waals surface area (Å²) < 4.78 is 1.75. The van der Waals surface area contributed by atoms with E-state index < -0.39 is 0 Å². The third-order valence-corrected chi connectivity index (χ3v) is 2.59. The van der Waals surface area contributed by atoms with Crippen LogP contribution in [0.3, 0.4) is 0 Å². The Morgan fingerprint density at radius 3 is 3.00 bits per heavy atom. The summed E-state index contributed by atoms with van der Waals surface area (Å²) in [4.78, 5) is 4.09. The molecule has 0 fully saturated rings. The fourth-order valence-electron chi connectivity index (χ4n) is 1.36. The summed E-state index contributed by atoms with van der Waals surface area (Å²) in [5.74, 6) is 0. The lowest BCUT2D eigenvalue weighted by molar-refractivity contribution is 1.07. The number of nitrogens with zero attached hydrogens (tertiary/aromatic N) is 3. The molecule has 2 radical (unpaired) electrons. The first-order chi connectivity index (χ1) is 6.77. The molecule has 0 aromatic carbocycles. The molecule has 0 amide bonds. The van der Waals surface area contributed by atoms with Crippen molar-refractivity contribution >= 4 is 34.9 Å². The second-order valence-corrected chi connectivity index (χ2v) is 3.39. The van der Waals surface area contributed by atoms with Crippen LogP contribution in [-0.2, 0) is 5.33 Å². The second-order valence-electron chi connectivity index (χ2n) is 2.83. The predicted molar refractivity (Wildman–Crippen MR) is 57.9 cm³/mol. The Balaban J connectivity index is 2.90. The predicted octanol–water partition coefficient (Wildman–Crippen LogP) is 0.895. The lowest BCUT2D eigenvalue weighted by atomic mass is 9.97. The van der Waals surface area contributed by atoms with Crippen molar-refractivity contribution < 1.29 is 0 Å². The molecule has 2 rings (SSSR count). The van der Waals surface area contributed by atoms with Gasteiger partial charge in [0.15, 0.2) is 0 Å². The van der Waals surface area contributed by atoms with Gasteiger partial charge in [0.1, 0.15) is 25.3 Å². The molecular formula is C9H5BBrN3. The van der Waals surface area contributed by atoms with E-state index in [-0.39, 0.29) is 0 Å². The van der Waals surface area contributed by atoms with Gasteiger partial charge in [-0.2, -0.15) is 5.26 Å². The van der Waals surface area contributed by atoms with Crippen LogP contribution >= 0.6 is 15.9 Å². The van der Waals surface area contributed by atoms with Gasteiger partial charge >= 0.3 is 0 Å². The minimum atomic E-state index is 0.502. The fourth-order valence-corrected chi connectivity index (χ4v) is 1.80. The topological polar surface area (TPSA) is 41.1 Å². The average molecular weight is 246 g/mol. The van der Waals surface area contributed by atoms with Crippen LogP contribution in [0, 0.1) is 11.3 Å². The Morgan fingerprint density at radius 1 is 1.57 bits per heavy atom. The standard InChI is InChI=1S/C9H5BBrN3/c10-8-2-1-6(3-11)14-7(4-12)5-13-9(8)14/h1-2,5H,3H2. The van der Waals surface area contributed by atoms with E-state index in [9.17, 15) is 0 Å². The molecular weight excluding hydrogens is 241 g/mol. The number of alkyl halides is 1. The minimum Gasteiger partial charge on any atom is -0.288 e. The summed E-state index contributed by atoms with van der Waals surface area (Å²) in [5.41, 5.74) is 2.68. The maximum absolute atomic E-state index is 8.87. The van der Waals surface area contributed by atoms with Gasteiger partial charge < -0.3 is 0 Å². The first-order valence-corrected chi connectivity index (χ1v) is 5.11. The Morgan fingerprint density at radius 2 is 2.36 bits per heavy atom. The molecule has 14 heavy (non-hydrogen) atoms. The molecule has 2 aromatic rings. The van der Waals surface area contributed by atoms with E-state index in [4.69, 9.17) is 13.1 Å². The Labute approximate surface area is 90.9 Å². The third kappa shape index (κ3) is 1.23. The minimum absolute atomic E-state index is 0.502. The van der Waals surface area contributed by atoms with Gasteiger partial charge in [0.25, 0.3) is 0 Å². The Kier molecular flexibility index (Phi) is 2.30. The maximum Gasteiger partial charge on any atom is 0.144 e. The summed E-state index contributed by atoms with van der Waals surface area (Å²) in [5, 5.41) is 9.53. The summed E-state index contributed by atoms with van der Waals surface area (Å²) in [7, 11) is 5.74. The van der Waals surface area contributed by atoms with Gasteiger partial charge in [-0.05, 0) is 6.07 Å². The molecule has 0 saturated heterocycles. The van der Waals surface area contributed by atoms with Gasteiger partial charge in [-0.15, -0.1) is 0 Å². The largest absolute Gasteiger partial charge is 0.288 e. The number of aromatic nitrogens is 2. The van der Waals surface area contributed by atoms with E-state index in [1.54, 1.807) is 10.5 Å². The monoisotopic (exact) mass is 245 g/mol. The molecule has 0 N–H and O–H groups in total. The SMILES string of the molecule is [B]c1ccc(CBr)n2c(C#N)cnc12. The maximum atomic E-state index is 8.87. The molecule has 0 aliphatic rings. The molecule has 0 aliphatic carbocycles. The van der Waals surface area contributed by atoms with Crippen LogP contribution in [-0.4, -0.2) is 17.2 Å². The van der Waals surface area contributed by atoms with Gasteiger partial charge in [0.05, 0.1) is 6.20 Å². The van der Waals surface area contributed by atoms with Crippen LogP contribution in [0.2, 0.25) is 0 Å². The van der Waals surface area contributed by atoms with Crippen molar-refractivity contribution in [1.82, 2.24) is 9.38 Å². The third-order valence-electron chi connectivity index (χ3n) is 2.01. The van der Waals surface area contributed by atoms with Crippen LogP contribution in [0.4, 0.5) is 0 Å². The average Bonchev–Trinajstić information content (AvgIpc) is 2.63. The quantitative estimate of drug-likeness (QED) is 0.553. The molecule has 2 aromatic heterocycles. The van der Waals surface area contributed by atoms with E-state index in [0.29, 0.717) is 22.1 Å². The van der Waals surface area contributed by atoms with Gasteiger partial charge in [-0.1, -0.05) is 27.5 Å². The normalized spacial score (nSPS) is 10.3. The molecule has 5 heteroatoms. The molecule has 0 unspecified atom stereocenters. The number of nitriles is 1. The Bertz CT molecular complexity index is 527. The highest BCUT2D eigenvalue weighted by Crippen LogP contribution is 2.10. The lowest BCUT2D eigenvalue weighted by Crippen LogP contribution is -2.10. The van der Waals surface area contributed by atoms with E-state index in [1.807, 2.05) is 6.07 Å². The molecule has 3 nitrogen and oxygen atoms in total. The zero-order valence-corrected chi connectivity index (χ0v) is 8.82. The highest BCUT2D eigenvalue weighted by molar-refractivity contribution is 9.08. The van der Waals surface area contributed by atoms with E-state index in [1.165, 1.54) is 6.20 Å². The number of hydrogen-bond acceptors (Lipinski definition) is 2. The van der Waals surface area contributed by atoms with E-state index in [0.717, 1.165) is 5.69 Å². The van der Waals surface area contributed by atoms with Crippen molar-refractivity contribution in [1.29, 1.82) is 5.26 Å². The van der Waals surface area contributed by atoms with Crippen LogP contribution in [0.5, 0.6) is 0 Å². The van der Waals surface area contributed by atoms with Crippen LogP contribution in [0.15, 0.2) is 18.3 Å². The lowest BCUT2D eigenvalue weighted by Gasteiger charge is -2.04. The number of hydrogen-bond donors (Lipinski definition) is 0. The first kappa shape index (κ1) is 9.29. The highest BCUT2D eigenvalue weighted by atomic mass is 79.9. The van der Waals surface area contributed by atoms with Crippen LogP contribution in [0.1, 0.15) is 11.4 Å². The van der Waals surface area contributed by atoms with Crippen molar-refractivity contribution in [3.05, 3.63) is 29.7 Å². The summed E-state index contributed by atoms with van der Waals surface area (Å²) in [6, 6.07) is 5.74. The van der Waals surface area contributed by atoms with Crippen molar-refractivity contribution in [3.63, 3.8) is 0 Å². The number of imidazole rings is 1. The molecule has 0 bridgehead atoms. The fraction of sp³-hybridized carbons (Fsp3) is 0.111. The van der Waals surface area contributed by atoms with E-state index >= 15 is 0 Å². The van der Waals surface area contributed by atoms with Crippen molar-refractivity contribution in [2.75, 3.05) is 0 Å². The highest BCUT2D eigenvalue weighted by Gasteiger charge is 2.07. The van der Waals surface area contributed by atoms with Crippen LogP contribution in [0.25, 0.3) is 5.65 Å². The van der Waals surface area contributed by atoms with Gasteiger partial charge in [-0.25, -0.2) is 4.98 Å². The molecule has 2 heterocycles. The Hall–Kier alpha value is -1.28. The van der Waals surface area contributed by atoms with Gasteiger partial charge in [0.2, 0.25) is 0 Å². The zero-order valence-electron chi connectivity index (χ0n) is 7.24. The van der Waals surface area contributed by atoms with Gasteiger partial charge in [-0.3, -0.25) is 4.40 Å². The molecule has 0 atom stereocenters.